The number of rotatable bonds is 10. The molecule has 4 heteroatoms. The molecule has 0 radical (unpaired) electrons. The van der Waals surface area contributed by atoms with Gasteiger partial charge in [0.1, 0.15) is 6.04 Å². The lowest BCUT2D eigenvalue weighted by Crippen LogP contribution is -2.47. The van der Waals surface area contributed by atoms with Gasteiger partial charge >= 0.3 is 5.97 Å². The lowest BCUT2D eigenvalue weighted by atomic mass is 9.79. The zero-order valence-corrected chi connectivity index (χ0v) is 15.1. The summed E-state index contributed by atoms with van der Waals surface area (Å²) in [6.45, 7) is 5.89. The summed E-state index contributed by atoms with van der Waals surface area (Å²) in [6, 6.07) is -0.765. The van der Waals surface area contributed by atoms with E-state index in [1.54, 1.807) is 0 Å². The number of carboxylic acid groups (broad SMARTS) is 1. The minimum Gasteiger partial charge on any atom is -0.480 e. The maximum Gasteiger partial charge on any atom is 0.326 e. The number of aliphatic carboxylic acids is 1. The van der Waals surface area contributed by atoms with E-state index in [1.165, 1.54) is 38.5 Å². The van der Waals surface area contributed by atoms with Gasteiger partial charge in [0.05, 0.1) is 0 Å². The monoisotopic (exact) mass is 325 g/mol. The van der Waals surface area contributed by atoms with Crippen LogP contribution in [-0.4, -0.2) is 23.0 Å². The fourth-order valence-corrected chi connectivity index (χ4v) is 3.53. The largest absolute Gasteiger partial charge is 0.480 e. The van der Waals surface area contributed by atoms with Crippen LogP contribution < -0.4 is 5.32 Å². The highest BCUT2D eigenvalue weighted by atomic mass is 16.4. The van der Waals surface area contributed by atoms with Crippen molar-refractivity contribution in [1.29, 1.82) is 0 Å². The van der Waals surface area contributed by atoms with Crippen LogP contribution >= 0.6 is 0 Å². The van der Waals surface area contributed by atoms with E-state index < -0.39 is 12.0 Å². The standard InChI is InChI=1S/C19H35NO3/c1-4-5-6-7-8-9-15-10-12-16(13-11-15)18(21)20-17(14(2)3)19(22)23/h14-17H,4-13H2,1-3H3,(H,20,21)(H,22,23)/t15?,16?,17-/m1/s1. The Kier molecular flexibility index (Phi) is 9.27. The van der Waals surface area contributed by atoms with Gasteiger partial charge in [-0.25, -0.2) is 4.79 Å². The second-order valence-corrected chi connectivity index (χ2v) is 7.49. The van der Waals surface area contributed by atoms with Crippen LogP contribution in [0.5, 0.6) is 0 Å². The number of hydrogen-bond donors (Lipinski definition) is 2. The Balaban J connectivity index is 2.27. The van der Waals surface area contributed by atoms with Gasteiger partial charge in [-0.1, -0.05) is 59.3 Å². The highest BCUT2D eigenvalue weighted by molar-refractivity contribution is 5.85. The molecule has 0 unspecified atom stereocenters. The van der Waals surface area contributed by atoms with Gasteiger partial charge in [0, 0.05) is 5.92 Å². The van der Waals surface area contributed by atoms with Crippen LogP contribution in [0.2, 0.25) is 0 Å². The first kappa shape index (κ1) is 20.0. The number of hydrogen-bond acceptors (Lipinski definition) is 2. The third-order valence-corrected chi connectivity index (χ3v) is 5.16. The minimum absolute atomic E-state index is 0.00643. The van der Waals surface area contributed by atoms with Crippen LogP contribution in [0.3, 0.4) is 0 Å². The molecule has 4 nitrogen and oxygen atoms in total. The zero-order valence-electron chi connectivity index (χ0n) is 15.1. The SMILES string of the molecule is CCCCCCCC1CCC(C(=O)N[C@@H](C(=O)O)C(C)C)CC1. The predicted molar refractivity (Wildman–Crippen MR) is 93.2 cm³/mol. The van der Waals surface area contributed by atoms with Crippen molar-refractivity contribution in [2.75, 3.05) is 0 Å². The average Bonchev–Trinajstić information content (AvgIpc) is 2.52. The fraction of sp³-hybridized carbons (Fsp3) is 0.895. The van der Waals surface area contributed by atoms with Gasteiger partial charge in [-0.3, -0.25) is 4.79 Å². The van der Waals surface area contributed by atoms with Gasteiger partial charge in [0.2, 0.25) is 5.91 Å². The summed E-state index contributed by atoms with van der Waals surface area (Å²) < 4.78 is 0. The summed E-state index contributed by atoms with van der Waals surface area (Å²) in [4.78, 5) is 23.5. The fourth-order valence-electron chi connectivity index (χ4n) is 3.53. The number of carbonyl (C=O) groups is 2. The number of amides is 1. The average molecular weight is 325 g/mol. The molecule has 0 saturated heterocycles. The quantitative estimate of drug-likeness (QED) is 0.586. The molecule has 1 rings (SSSR count). The van der Waals surface area contributed by atoms with E-state index in [-0.39, 0.29) is 17.7 Å². The molecule has 0 bridgehead atoms. The van der Waals surface area contributed by atoms with E-state index in [2.05, 4.69) is 12.2 Å². The topological polar surface area (TPSA) is 66.4 Å². The first-order valence-corrected chi connectivity index (χ1v) is 9.48. The molecule has 1 saturated carbocycles. The van der Waals surface area contributed by atoms with Crippen molar-refractivity contribution in [2.24, 2.45) is 17.8 Å². The van der Waals surface area contributed by atoms with Crippen LogP contribution in [0, 0.1) is 17.8 Å². The Morgan fingerprint density at radius 1 is 1.04 bits per heavy atom. The lowest BCUT2D eigenvalue weighted by Gasteiger charge is -2.29. The first-order valence-electron chi connectivity index (χ1n) is 9.48. The van der Waals surface area contributed by atoms with Gasteiger partial charge < -0.3 is 10.4 Å². The van der Waals surface area contributed by atoms with Crippen LogP contribution in [0.15, 0.2) is 0 Å². The van der Waals surface area contributed by atoms with Crippen molar-refractivity contribution < 1.29 is 14.7 Å². The summed E-state index contributed by atoms with van der Waals surface area (Å²) in [7, 11) is 0. The van der Waals surface area contributed by atoms with E-state index in [9.17, 15) is 14.7 Å². The van der Waals surface area contributed by atoms with Crippen molar-refractivity contribution in [3.8, 4) is 0 Å². The van der Waals surface area contributed by atoms with E-state index >= 15 is 0 Å². The van der Waals surface area contributed by atoms with Crippen LogP contribution in [-0.2, 0) is 9.59 Å². The number of unbranched alkanes of at least 4 members (excludes halogenated alkanes) is 4. The van der Waals surface area contributed by atoms with E-state index in [0.717, 1.165) is 31.6 Å². The van der Waals surface area contributed by atoms with Crippen molar-refractivity contribution in [2.45, 2.75) is 91.0 Å². The van der Waals surface area contributed by atoms with Gasteiger partial charge in [0.25, 0.3) is 0 Å². The third kappa shape index (κ3) is 7.36. The maximum absolute atomic E-state index is 12.3. The van der Waals surface area contributed by atoms with E-state index in [1.807, 2.05) is 13.8 Å². The van der Waals surface area contributed by atoms with Gasteiger partial charge in [-0.05, 0) is 37.5 Å². The molecule has 0 aromatic carbocycles. The Labute approximate surface area is 141 Å². The predicted octanol–water partition coefficient (Wildman–Crippen LogP) is 4.38. The molecule has 1 fully saturated rings. The molecule has 1 amide bonds. The van der Waals surface area contributed by atoms with Crippen LogP contribution in [0.25, 0.3) is 0 Å². The molecule has 1 atom stereocenters. The molecule has 0 aromatic heterocycles. The van der Waals surface area contributed by atoms with Gasteiger partial charge in [0.15, 0.2) is 0 Å². The Morgan fingerprint density at radius 2 is 1.65 bits per heavy atom. The normalized spacial score (nSPS) is 22.8. The second kappa shape index (κ2) is 10.7. The zero-order chi connectivity index (χ0) is 17.2. The summed E-state index contributed by atoms with van der Waals surface area (Å²) in [5.74, 6) is -0.314. The van der Waals surface area contributed by atoms with E-state index in [0.29, 0.717) is 0 Å². The van der Waals surface area contributed by atoms with Crippen LogP contribution in [0.4, 0.5) is 0 Å². The van der Waals surface area contributed by atoms with Crippen molar-refractivity contribution in [3.63, 3.8) is 0 Å². The molecule has 23 heavy (non-hydrogen) atoms. The van der Waals surface area contributed by atoms with Crippen molar-refractivity contribution in [3.05, 3.63) is 0 Å². The first-order chi connectivity index (χ1) is 11.0. The molecular formula is C19H35NO3. The number of carbonyl (C=O) groups excluding carboxylic acids is 1. The molecule has 0 heterocycles. The summed E-state index contributed by atoms with van der Waals surface area (Å²) in [5.41, 5.74) is 0. The molecule has 0 aromatic rings. The smallest absolute Gasteiger partial charge is 0.326 e. The summed E-state index contributed by atoms with van der Waals surface area (Å²) in [6.07, 6.45) is 12.0. The molecule has 134 valence electrons. The van der Waals surface area contributed by atoms with Gasteiger partial charge in [-0.2, -0.15) is 0 Å². The number of carboxylic acids is 1. The Hall–Kier alpha value is -1.06. The Morgan fingerprint density at radius 3 is 2.17 bits per heavy atom. The minimum atomic E-state index is -0.936. The molecular weight excluding hydrogens is 290 g/mol. The Bertz CT molecular complexity index is 360. The van der Waals surface area contributed by atoms with Gasteiger partial charge in [-0.15, -0.1) is 0 Å². The molecule has 0 spiro atoms. The van der Waals surface area contributed by atoms with Crippen LogP contribution in [0.1, 0.15) is 85.0 Å². The lowest BCUT2D eigenvalue weighted by molar-refractivity contribution is -0.144. The highest BCUT2D eigenvalue weighted by Gasteiger charge is 2.30. The second-order valence-electron chi connectivity index (χ2n) is 7.49. The molecule has 0 aliphatic heterocycles. The van der Waals surface area contributed by atoms with E-state index in [4.69, 9.17) is 0 Å². The highest BCUT2D eigenvalue weighted by Crippen LogP contribution is 2.32. The molecule has 1 aliphatic carbocycles. The van der Waals surface area contributed by atoms with Crippen molar-refractivity contribution >= 4 is 11.9 Å². The molecule has 1 aliphatic rings. The summed E-state index contributed by atoms with van der Waals surface area (Å²) in [5, 5.41) is 11.9. The number of nitrogens with one attached hydrogen (secondary N) is 1. The van der Waals surface area contributed by atoms with Crippen molar-refractivity contribution in [1.82, 2.24) is 5.32 Å². The third-order valence-electron chi connectivity index (χ3n) is 5.16. The maximum atomic E-state index is 12.3. The molecule has 2 N–H and O–H groups in total. The summed E-state index contributed by atoms with van der Waals surface area (Å²) >= 11 is 0.